The molecule has 2 aromatic carbocycles. The first-order chi connectivity index (χ1) is 14.1. The number of aryl methyl sites for hydroxylation is 1. The van der Waals surface area contributed by atoms with Crippen LogP contribution in [0.1, 0.15) is 18.4 Å². The maximum atomic E-state index is 12.8. The van der Waals surface area contributed by atoms with Crippen LogP contribution in [0.3, 0.4) is 0 Å². The van der Waals surface area contributed by atoms with Crippen molar-refractivity contribution in [3.63, 3.8) is 0 Å². The Kier molecular flexibility index (Phi) is 5.76. The first-order valence-electron chi connectivity index (χ1n) is 9.92. The number of rotatable bonds is 6. The second-order valence-electron chi connectivity index (χ2n) is 7.46. The number of carbonyl (C=O) groups excluding carboxylic acids is 1. The largest absolute Gasteiger partial charge is 0.380 e. The third-order valence-electron chi connectivity index (χ3n) is 5.27. The second-order valence-corrected chi connectivity index (χ2v) is 7.85. The van der Waals surface area contributed by atoms with E-state index in [0.717, 1.165) is 42.1 Å². The van der Waals surface area contributed by atoms with Crippen molar-refractivity contribution in [3.8, 4) is 11.4 Å². The predicted molar refractivity (Wildman–Crippen MR) is 117 cm³/mol. The molecule has 1 aliphatic rings. The molecule has 1 fully saturated rings. The van der Waals surface area contributed by atoms with Gasteiger partial charge < -0.3 is 10.2 Å². The van der Waals surface area contributed by atoms with Crippen molar-refractivity contribution in [2.45, 2.75) is 32.4 Å². The number of aromatic amines is 1. The topological polar surface area (TPSA) is 66.0 Å². The highest BCUT2D eigenvalue weighted by Crippen LogP contribution is 2.20. The summed E-state index contributed by atoms with van der Waals surface area (Å²) in [6.07, 6.45) is 1.37. The first-order valence-corrected chi connectivity index (χ1v) is 10.3. The molecule has 4 rings (SSSR count). The molecule has 1 saturated heterocycles. The average molecular weight is 408 g/mol. The number of benzene rings is 2. The van der Waals surface area contributed by atoms with Gasteiger partial charge in [0.1, 0.15) is 0 Å². The lowest BCUT2D eigenvalue weighted by Crippen LogP contribution is -2.32. The standard InChI is InChI=1S/C22H25N5OS/c1-16-6-5-7-17(14-16)21-24-25-22(29)27(21)13-11-20(28)26-12-10-19(15-26)23-18-8-3-2-4-9-18/h2-9,14,19,23H,10-13,15H2,1H3,(H,25,29). The molecule has 6 nitrogen and oxygen atoms in total. The van der Waals surface area contributed by atoms with Crippen LogP contribution < -0.4 is 5.32 Å². The van der Waals surface area contributed by atoms with Crippen LogP contribution in [0.25, 0.3) is 11.4 Å². The van der Waals surface area contributed by atoms with Gasteiger partial charge in [-0.25, -0.2) is 0 Å². The lowest BCUT2D eigenvalue weighted by Gasteiger charge is -2.18. The number of nitrogens with one attached hydrogen (secondary N) is 2. The summed E-state index contributed by atoms with van der Waals surface area (Å²) in [4.78, 5) is 14.7. The van der Waals surface area contributed by atoms with Crippen molar-refractivity contribution in [1.29, 1.82) is 0 Å². The van der Waals surface area contributed by atoms with Crippen LogP contribution in [0.5, 0.6) is 0 Å². The molecular weight excluding hydrogens is 382 g/mol. The van der Waals surface area contributed by atoms with Crippen LogP contribution in [0.15, 0.2) is 54.6 Å². The molecule has 0 saturated carbocycles. The van der Waals surface area contributed by atoms with Crippen LogP contribution in [-0.4, -0.2) is 44.7 Å². The van der Waals surface area contributed by atoms with E-state index in [9.17, 15) is 4.79 Å². The van der Waals surface area contributed by atoms with Crippen LogP contribution in [0, 0.1) is 11.7 Å². The number of nitrogens with zero attached hydrogens (tertiary/aromatic N) is 3. The fourth-order valence-electron chi connectivity index (χ4n) is 3.77. The Morgan fingerprint density at radius 3 is 2.86 bits per heavy atom. The van der Waals surface area contributed by atoms with E-state index in [1.54, 1.807) is 0 Å². The summed E-state index contributed by atoms with van der Waals surface area (Å²) in [7, 11) is 0. The minimum atomic E-state index is 0.153. The van der Waals surface area contributed by atoms with Crippen LogP contribution in [0.2, 0.25) is 0 Å². The van der Waals surface area contributed by atoms with Gasteiger partial charge in [-0.2, -0.15) is 5.10 Å². The van der Waals surface area contributed by atoms with Crippen molar-refractivity contribution >= 4 is 23.8 Å². The van der Waals surface area contributed by atoms with Gasteiger partial charge in [0.2, 0.25) is 5.91 Å². The smallest absolute Gasteiger partial charge is 0.224 e. The van der Waals surface area contributed by atoms with E-state index in [0.29, 0.717) is 23.8 Å². The molecule has 0 bridgehead atoms. The van der Waals surface area contributed by atoms with E-state index in [1.807, 2.05) is 52.8 Å². The van der Waals surface area contributed by atoms with Gasteiger partial charge in [0, 0.05) is 43.3 Å². The molecule has 1 unspecified atom stereocenters. The Labute approximate surface area is 175 Å². The van der Waals surface area contributed by atoms with E-state index >= 15 is 0 Å². The minimum absolute atomic E-state index is 0.153. The normalized spacial score (nSPS) is 16.2. The molecule has 1 atom stereocenters. The number of amides is 1. The Morgan fingerprint density at radius 1 is 1.24 bits per heavy atom. The zero-order valence-electron chi connectivity index (χ0n) is 16.5. The van der Waals surface area contributed by atoms with E-state index in [1.165, 1.54) is 0 Å². The third-order valence-corrected chi connectivity index (χ3v) is 5.58. The Hall–Kier alpha value is -2.93. The maximum Gasteiger partial charge on any atom is 0.224 e. The van der Waals surface area contributed by atoms with Gasteiger partial charge in [-0.15, -0.1) is 0 Å². The molecule has 0 radical (unpaired) electrons. The number of carbonyl (C=O) groups is 1. The lowest BCUT2D eigenvalue weighted by atomic mass is 10.1. The molecular formula is C22H25N5OS. The second kappa shape index (κ2) is 8.61. The lowest BCUT2D eigenvalue weighted by molar-refractivity contribution is -0.130. The van der Waals surface area contributed by atoms with Crippen LogP contribution in [0.4, 0.5) is 5.69 Å². The van der Waals surface area contributed by atoms with Gasteiger partial charge in [-0.05, 0) is 43.8 Å². The van der Waals surface area contributed by atoms with Gasteiger partial charge in [-0.1, -0.05) is 42.0 Å². The molecule has 1 amide bonds. The molecule has 1 aliphatic heterocycles. The molecule has 3 aromatic rings. The molecule has 29 heavy (non-hydrogen) atoms. The van der Waals surface area contributed by atoms with E-state index < -0.39 is 0 Å². The average Bonchev–Trinajstić information content (AvgIpc) is 3.34. The van der Waals surface area contributed by atoms with Crippen molar-refractivity contribution in [2.75, 3.05) is 18.4 Å². The van der Waals surface area contributed by atoms with Crippen molar-refractivity contribution in [2.24, 2.45) is 0 Å². The summed E-state index contributed by atoms with van der Waals surface area (Å²) in [6, 6.07) is 18.6. The number of hydrogen-bond acceptors (Lipinski definition) is 4. The predicted octanol–water partition coefficient (Wildman–Crippen LogP) is 4.02. The number of likely N-dealkylation sites (tertiary alicyclic amines) is 1. The molecule has 1 aromatic heterocycles. The minimum Gasteiger partial charge on any atom is -0.380 e. The molecule has 0 spiro atoms. The van der Waals surface area contributed by atoms with Gasteiger partial charge in [0.15, 0.2) is 10.6 Å². The number of hydrogen-bond donors (Lipinski definition) is 2. The van der Waals surface area contributed by atoms with E-state index in [4.69, 9.17) is 12.2 Å². The monoisotopic (exact) mass is 407 g/mol. The summed E-state index contributed by atoms with van der Waals surface area (Å²) in [5, 5.41) is 10.7. The van der Waals surface area contributed by atoms with Gasteiger partial charge >= 0.3 is 0 Å². The third kappa shape index (κ3) is 4.56. The number of para-hydroxylation sites is 1. The molecule has 0 aliphatic carbocycles. The zero-order chi connectivity index (χ0) is 20.2. The first kappa shape index (κ1) is 19.4. The SMILES string of the molecule is Cc1cccc(-c2n[nH]c(=S)n2CCC(=O)N2CCC(Nc3ccccc3)C2)c1. The van der Waals surface area contributed by atoms with E-state index in [-0.39, 0.29) is 5.91 Å². The summed E-state index contributed by atoms with van der Waals surface area (Å²) in [5.74, 6) is 0.928. The van der Waals surface area contributed by atoms with E-state index in [2.05, 4.69) is 33.7 Å². The van der Waals surface area contributed by atoms with Gasteiger partial charge in [0.05, 0.1) is 0 Å². The summed E-state index contributed by atoms with van der Waals surface area (Å²) < 4.78 is 2.46. The summed E-state index contributed by atoms with van der Waals surface area (Å²) >= 11 is 5.39. The summed E-state index contributed by atoms with van der Waals surface area (Å²) in [6.45, 7) is 4.08. The summed E-state index contributed by atoms with van der Waals surface area (Å²) in [5.41, 5.74) is 3.26. The highest BCUT2D eigenvalue weighted by Gasteiger charge is 2.26. The number of H-pyrrole nitrogens is 1. The maximum absolute atomic E-state index is 12.8. The molecule has 7 heteroatoms. The van der Waals surface area contributed by atoms with Crippen LogP contribution in [-0.2, 0) is 11.3 Å². The Balaban J connectivity index is 1.37. The Bertz CT molecular complexity index is 1040. The van der Waals surface area contributed by atoms with Crippen LogP contribution >= 0.6 is 12.2 Å². The highest BCUT2D eigenvalue weighted by molar-refractivity contribution is 7.71. The molecule has 150 valence electrons. The van der Waals surface area contributed by atoms with Crippen molar-refractivity contribution in [1.82, 2.24) is 19.7 Å². The van der Waals surface area contributed by atoms with Gasteiger partial charge in [0.25, 0.3) is 0 Å². The Morgan fingerprint density at radius 2 is 2.07 bits per heavy atom. The van der Waals surface area contributed by atoms with Crippen molar-refractivity contribution in [3.05, 3.63) is 64.9 Å². The number of aromatic nitrogens is 3. The molecule has 2 N–H and O–H groups in total. The van der Waals surface area contributed by atoms with Crippen molar-refractivity contribution < 1.29 is 4.79 Å². The fourth-order valence-corrected chi connectivity index (χ4v) is 3.99. The van der Waals surface area contributed by atoms with Gasteiger partial charge in [-0.3, -0.25) is 14.5 Å². The highest BCUT2D eigenvalue weighted by atomic mass is 32.1. The quantitative estimate of drug-likeness (QED) is 0.606. The number of anilines is 1. The zero-order valence-corrected chi connectivity index (χ0v) is 17.3. The fraction of sp³-hybridized carbons (Fsp3) is 0.318. The molecule has 2 heterocycles.